The molecular formula is C21H27N3O4. The first-order chi connectivity index (χ1) is 13.4. The molecule has 0 aliphatic rings. The predicted molar refractivity (Wildman–Crippen MR) is 106 cm³/mol. The number of aromatic hydroxyl groups is 1. The number of ether oxygens (including phenoxy) is 1. The summed E-state index contributed by atoms with van der Waals surface area (Å²) >= 11 is 0. The van der Waals surface area contributed by atoms with E-state index in [1.807, 2.05) is 37.3 Å². The molecule has 0 fully saturated rings. The Balaban J connectivity index is 1.73. The number of amides is 1. The number of esters is 1. The van der Waals surface area contributed by atoms with Crippen LogP contribution < -0.4 is 16.8 Å². The number of carbonyl (C=O) groups is 2. The summed E-state index contributed by atoms with van der Waals surface area (Å²) in [6, 6.07) is 14.0. The average molecular weight is 385 g/mol. The molecule has 2 aromatic rings. The molecule has 0 heterocycles. The lowest BCUT2D eigenvalue weighted by Crippen LogP contribution is -2.43. The van der Waals surface area contributed by atoms with Gasteiger partial charge in [-0.1, -0.05) is 42.5 Å². The third kappa shape index (κ3) is 6.68. The van der Waals surface area contributed by atoms with E-state index in [0.717, 1.165) is 11.1 Å². The standard InChI is InChI=1S/C21H27N3O4/c1-14(16-7-9-17(25)10-8-16)24-20(26)18(22)11-12-19(23)21(27)28-13-15-5-3-2-4-6-15/h2-10,14,18-19,25H,11-13,22-23H2,1H3,(H,24,26)/t14?,18-,19+/m1/s1. The SMILES string of the molecule is CC(NC(=O)[C@H](N)CC[C@H](N)C(=O)OCc1ccccc1)c1ccc(O)cc1. The lowest BCUT2D eigenvalue weighted by atomic mass is 10.0. The molecule has 0 aliphatic heterocycles. The number of nitrogens with one attached hydrogen (secondary N) is 1. The number of hydrogen-bond acceptors (Lipinski definition) is 6. The Morgan fingerprint density at radius 2 is 1.61 bits per heavy atom. The molecule has 1 unspecified atom stereocenters. The Morgan fingerprint density at radius 1 is 1.00 bits per heavy atom. The Kier molecular flexibility index (Phi) is 7.98. The van der Waals surface area contributed by atoms with Crippen LogP contribution in [-0.4, -0.2) is 29.1 Å². The third-order valence-electron chi connectivity index (χ3n) is 4.40. The minimum atomic E-state index is -0.836. The molecule has 6 N–H and O–H groups in total. The summed E-state index contributed by atoms with van der Waals surface area (Å²) in [6.07, 6.45) is 0.505. The van der Waals surface area contributed by atoms with E-state index in [2.05, 4.69) is 5.32 Å². The molecule has 0 saturated carbocycles. The summed E-state index contributed by atoms with van der Waals surface area (Å²) in [4.78, 5) is 24.2. The molecule has 0 spiro atoms. The monoisotopic (exact) mass is 385 g/mol. The molecule has 7 heteroatoms. The van der Waals surface area contributed by atoms with Gasteiger partial charge in [0.2, 0.25) is 5.91 Å². The predicted octanol–water partition coefficient (Wildman–Crippen LogP) is 1.75. The molecule has 3 atom stereocenters. The number of carbonyl (C=O) groups excluding carboxylic acids is 2. The molecule has 28 heavy (non-hydrogen) atoms. The highest BCUT2D eigenvalue weighted by Crippen LogP contribution is 2.16. The minimum absolute atomic E-state index is 0.157. The summed E-state index contributed by atoms with van der Waals surface area (Å²) < 4.78 is 5.19. The molecule has 0 radical (unpaired) electrons. The van der Waals surface area contributed by atoms with E-state index in [-0.39, 0.29) is 37.1 Å². The van der Waals surface area contributed by atoms with Gasteiger partial charge in [-0.25, -0.2) is 0 Å². The Hall–Kier alpha value is -2.90. The molecule has 0 bridgehead atoms. The second-order valence-electron chi connectivity index (χ2n) is 6.71. The van der Waals surface area contributed by atoms with Crippen LogP contribution in [0.1, 0.15) is 36.9 Å². The largest absolute Gasteiger partial charge is 0.508 e. The van der Waals surface area contributed by atoms with Crippen LogP contribution >= 0.6 is 0 Å². The lowest BCUT2D eigenvalue weighted by Gasteiger charge is -2.19. The van der Waals surface area contributed by atoms with Crippen LogP contribution in [0.4, 0.5) is 0 Å². The highest BCUT2D eigenvalue weighted by atomic mass is 16.5. The van der Waals surface area contributed by atoms with E-state index in [1.165, 1.54) is 0 Å². The first kappa shape index (κ1) is 21.4. The Bertz CT molecular complexity index is 765. The fraction of sp³-hybridized carbons (Fsp3) is 0.333. The van der Waals surface area contributed by atoms with Gasteiger partial charge in [-0.15, -0.1) is 0 Å². The fourth-order valence-corrected chi connectivity index (χ4v) is 2.61. The molecule has 2 rings (SSSR count). The number of nitrogens with two attached hydrogens (primary N) is 2. The van der Waals surface area contributed by atoms with Gasteiger partial charge < -0.3 is 26.6 Å². The van der Waals surface area contributed by atoms with E-state index in [1.54, 1.807) is 24.3 Å². The molecule has 2 aromatic carbocycles. The van der Waals surface area contributed by atoms with Gasteiger partial charge >= 0.3 is 5.97 Å². The molecule has 0 aliphatic carbocycles. The van der Waals surface area contributed by atoms with Crippen molar-refractivity contribution in [3.05, 3.63) is 65.7 Å². The molecule has 0 aromatic heterocycles. The van der Waals surface area contributed by atoms with Gasteiger partial charge in [0.05, 0.1) is 12.1 Å². The van der Waals surface area contributed by atoms with Crippen LogP contribution in [0.5, 0.6) is 5.75 Å². The van der Waals surface area contributed by atoms with Crippen LogP contribution in [0.25, 0.3) is 0 Å². The highest BCUT2D eigenvalue weighted by Gasteiger charge is 2.21. The molecular weight excluding hydrogens is 358 g/mol. The molecule has 7 nitrogen and oxygen atoms in total. The van der Waals surface area contributed by atoms with Crippen molar-refractivity contribution in [2.45, 2.75) is 44.5 Å². The van der Waals surface area contributed by atoms with Gasteiger partial charge in [0.15, 0.2) is 0 Å². The number of rotatable bonds is 9. The van der Waals surface area contributed by atoms with Gasteiger partial charge in [0.25, 0.3) is 0 Å². The van der Waals surface area contributed by atoms with Crippen molar-refractivity contribution in [3.63, 3.8) is 0 Å². The Labute approximate surface area is 164 Å². The maximum absolute atomic E-state index is 12.2. The van der Waals surface area contributed by atoms with Crippen molar-refractivity contribution >= 4 is 11.9 Å². The summed E-state index contributed by atoms with van der Waals surface area (Å²) in [7, 11) is 0. The Morgan fingerprint density at radius 3 is 2.25 bits per heavy atom. The zero-order chi connectivity index (χ0) is 20.5. The maximum atomic E-state index is 12.2. The first-order valence-corrected chi connectivity index (χ1v) is 9.18. The maximum Gasteiger partial charge on any atom is 0.323 e. The van der Waals surface area contributed by atoms with Crippen molar-refractivity contribution in [1.29, 1.82) is 0 Å². The van der Waals surface area contributed by atoms with E-state index in [0.29, 0.717) is 0 Å². The second-order valence-corrected chi connectivity index (χ2v) is 6.71. The smallest absolute Gasteiger partial charge is 0.323 e. The number of phenols is 1. The summed E-state index contributed by atoms with van der Waals surface area (Å²) in [5.41, 5.74) is 13.5. The van der Waals surface area contributed by atoms with E-state index in [4.69, 9.17) is 16.2 Å². The molecule has 1 amide bonds. The zero-order valence-corrected chi connectivity index (χ0v) is 15.9. The number of hydrogen-bond donors (Lipinski definition) is 4. The van der Waals surface area contributed by atoms with Gasteiger partial charge in [-0.05, 0) is 43.0 Å². The van der Waals surface area contributed by atoms with Crippen molar-refractivity contribution < 1.29 is 19.4 Å². The van der Waals surface area contributed by atoms with E-state index in [9.17, 15) is 14.7 Å². The fourth-order valence-electron chi connectivity index (χ4n) is 2.61. The van der Waals surface area contributed by atoms with Gasteiger partial charge in [0.1, 0.15) is 18.4 Å². The van der Waals surface area contributed by atoms with E-state index < -0.39 is 18.1 Å². The topological polar surface area (TPSA) is 128 Å². The summed E-state index contributed by atoms with van der Waals surface area (Å²) in [5, 5.41) is 12.1. The van der Waals surface area contributed by atoms with Crippen molar-refractivity contribution in [3.8, 4) is 5.75 Å². The first-order valence-electron chi connectivity index (χ1n) is 9.18. The van der Waals surface area contributed by atoms with Crippen molar-refractivity contribution in [2.24, 2.45) is 11.5 Å². The second kappa shape index (κ2) is 10.4. The zero-order valence-electron chi connectivity index (χ0n) is 15.9. The van der Waals surface area contributed by atoms with E-state index >= 15 is 0 Å². The molecule has 150 valence electrons. The quantitative estimate of drug-likeness (QED) is 0.487. The third-order valence-corrected chi connectivity index (χ3v) is 4.40. The van der Waals surface area contributed by atoms with Crippen LogP contribution in [0.3, 0.4) is 0 Å². The van der Waals surface area contributed by atoms with Gasteiger partial charge in [-0.3, -0.25) is 9.59 Å². The van der Waals surface area contributed by atoms with Crippen LogP contribution in [-0.2, 0) is 20.9 Å². The average Bonchev–Trinajstić information content (AvgIpc) is 2.71. The number of benzene rings is 2. The van der Waals surface area contributed by atoms with Crippen molar-refractivity contribution in [2.75, 3.05) is 0 Å². The van der Waals surface area contributed by atoms with Gasteiger partial charge in [0, 0.05) is 0 Å². The normalized spacial score (nSPS) is 14.0. The van der Waals surface area contributed by atoms with Crippen LogP contribution in [0.2, 0.25) is 0 Å². The van der Waals surface area contributed by atoms with Gasteiger partial charge in [-0.2, -0.15) is 0 Å². The number of phenolic OH excluding ortho intramolecular Hbond substituents is 1. The minimum Gasteiger partial charge on any atom is -0.508 e. The van der Waals surface area contributed by atoms with Crippen LogP contribution in [0.15, 0.2) is 54.6 Å². The lowest BCUT2D eigenvalue weighted by molar-refractivity contribution is -0.146. The molecule has 0 saturated heterocycles. The summed E-state index contributed by atoms with van der Waals surface area (Å²) in [6.45, 7) is 1.98. The highest BCUT2D eigenvalue weighted by molar-refractivity contribution is 5.82. The van der Waals surface area contributed by atoms with Crippen LogP contribution in [0, 0.1) is 0 Å². The van der Waals surface area contributed by atoms with Crippen molar-refractivity contribution in [1.82, 2.24) is 5.32 Å². The summed E-state index contributed by atoms with van der Waals surface area (Å²) in [5.74, 6) is -0.688.